The van der Waals surface area contributed by atoms with Crippen molar-refractivity contribution in [3.05, 3.63) is 0 Å². The molecule has 0 saturated heterocycles. The molecule has 0 aromatic heterocycles. The number of hydrogen-bond acceptors (Lipinski definition) is 3. The van der Waals surface area contributed by atoms with E-state index in [-0.39, 0.29) is 0 Å². The van der Waals surface area contributed by atoms with Gasteiger partial charge in [0.2, 0.25) is 0 Å². The van der Waals surface area contributed by atoms with Crippen molar-refractivity contribution in [1.29, 1.82) is 0 Å². The third kappa shape index (κ3) is 9.13. The van der Waals surface area contributed by atoms with E-state index in [4.69, 9.17) is 4.74 Å². The van der Waals surface area contributed by atoms with Crippen LogP contribution in [0.1, 0.15) is 27.7 Å². The molecule has 0 aliphatic carbocycles. The van der Waals surface area contributed by atoms with Crippen molar-refractivity contribution in [2.24, 2.45) is 11.8 Å². The minimum atomic E-state index is 0.553. The van der Waals surface area contributed by atoms with Crippen molar-refractivity contribution in [2.45, 2.75) is 33.7 Å². The van der Waals surface area contributed by atoms with Crippen LogP contribution in [0.25, 0.3) is 0 Å². The van der Waals surface area contributed by atoms with E-state index in [1.165, 1.54) is 0 Å². The molecule has 0 aliphatic rings. The molecule has 0 aliphatic heterocycles. The first-order valence-electron chi connectivity index (χ1n) is 6.39. The fraction of sp³-hybridized carbons (Fsp3) is 1.00. The molecule has 0 bridgehead atoms. The molecule has 0 fully saturated rings. The first kappa shape index (κ1) is 15.9. The summed E-state index contributed by atoms with van der Waals surface area (Å²) in [5, 5.41) is 3.56. The largest absolute Gasteiger partial charge is 0.380 e. The molecule has 1 unspecified atom stereocenters. The maximum atomic E-state index is 5.55. The van der Waals surface area contributed by atoms with Crippen LogP contribution in [-0.4, -0.2) is 51.3 Å². The molecular formula is C13H30N2O. The van der Waals surface area contributed by atoms with Crippen LogP contribution in [0, 0.1) is 11.8 Å². The number of nitrogens with one attached hydrogen (secondary N) is 1. The van der Waals surface area contributed by atoms with Gasteiger partial charge in [-0.2, -0.15) is 0 Å². The summed E-state index contributed by atoms with van der Waals surface area (Å²) < 4.78 is 5.55. The Labute approximate surface area is 102 Å². The summed E-state index contributed by atoms with van der Waals surface area (Å²) in [6.07, 6.45) is 0. The van der Waals surface area contributed by atoms with Crippen LogP contribution in [0.2, 0.25) is 0 Å². The van der Waals surface area contributed by atoms with Gasteiger partial charge in [-0.3, -0.25) is 0 Å². The van der Waals surface area contributed by atoms with Gasteiger partial charge in [-0.05, 0) is 25.9 Å². The molecule has 0 heterocycles. The highest BCUT2D eigenvalue weighted by Crippen LogP contribution is 2.02. The Morgan fingerprint density at radius 3 is 2.19 bits per heavy atom. The predicted octanol–water partition coefficient (Wildman–Crippen LogP) is 1.83. The second kappa shape index (κ2) is 8.97. The molecule has 16 heavy (non-hydrogen) atoms. The lowest BCUT2D eigenvalue weighted by molar-refractivity contribution is 0.107. The minimum absolute atomic E-state index is 0.553. The van der Waals surface area contributed by atoms with Gasteiger partial charge in [0.05, 0.1) is 6.61 Å². The smallest absolute Gasteiger partial charge is 0.0591 e. The third-order valence-corrected chi connectivity index (χ3v) is 2.47. The average molecular weight is 230 g/mol. The van der Waals surface area contributed by atoms with Crippen LogP contribution < -0.4 is 5.32 Å². The second-order valence-corrected chi connectivity index (χ2v) is 5.54. The summed E-state index contributed by atoms with van der Waals surface area (Å²) in [6, 6.07) is 0.553. The molecule has 0 rings (SSSR count). The molecule has 0 radical (unpaired) electrons. The van der Waals surface area contributed by atoms with Gasteiger partial charge in [0.25, 0.3) is 0 Å². The molecule has 3 heteroatoms. The van der Waals surface area contributed by atoms with Gasteiger partial charge in [0.15, 0.2) is 0 Å². The number of rotatable bonds is 9. The van der Waals surface area contributed by atoms with Crippen LogP contribution in [0.15, 0.2) is 0 Å². The fourth-order valence-corrected chi connectivity index (χ4v) is 1.54. The molecule has 1 N–H and O–H groups in total. The van der Waals surface area contributed by atoms with Crippen LogP contribution in [-0.2, 0) is 4.74 Å². The van der Waals surface area contributed by atoms with Crippen molar-refractivity contribution < 1.29 is 4.74 Å². The average Bonchev–Trinajstić information content (AvgIpc) is 2.14. The third-order valence-electron chi connectivity index (χ3n) is 2.47. The second-order valence-electron chi connectivity index (χ2n) is 5.54. The summed E-state index contributed by atoms with van der Waals surface area (Å²) >= 11 is 0. The summed E-state index contributed by atoms with van der Waals surface area (Å²) in [5.41, 5.74) is 0. The summed E-state index contributed by atoms with van der Waals surface area (Å²) in [4.78, 5) is 2.23. The van der Waals surface area contributed by atoms with Crippen molar-refractivity contribution in [1.82, 2.24) is 10.2 Å². The van der Waals surface area contributed by atoms with Gasteiger partial charge in [0.1, 0.15) is 0 Å². The summed E-state index contributed by atoms with van der Waals surface area (Å²) in [7, 11) is 4.23. The SMILES string of the molecule is CC(C)COCCNC(CN(C)C)C(C)C. The quantitative estimate of drug-likeness (QED) is 0.612. The van der Waals surface area contributed by atoms with E-state index in [0.29, 0.717) is 17.9 Å². The van der Waals surface area contributed by atoms with E-state index in [1.54, 1.807) is 0 Å². The highest BCUT2D eigenvalue weighted by molar-refractivity contribution is 4.72. The van der Waals surface area contributed by atoms with Crippen LogP contribution in [0.4, 0.5) is 0 Å². The minimum Gasteiger partial charge on any atom is -0.380 e. The lowest BCUT2D eigenvalue weighted by atomic mass is 10.0. The molecule has 98 valence electrons. The molecule has 0 aromatic carbocycles. The number of ether oxygens (including phenoxy) is 1. The van der Waals surface area contributed by atoms with E-state index >= 15 is 0 Å². The molecular weight excluding hydrogens is 200 g/mol. The topological polar surface area (TPSA) is 24.5 Å². The maximum absolute atomic E-state index is 5.55. The highest BCUT2D eigenvalue weighted by Gasteiger charge is 2.12. The van der Waals surface area contributed by atoms with E-state index in [9.17, 15) is 0 Å². The number of likely N-dealkylation sites (N-methyl/N-ethyl adjacent to an activating group) is 1. The summed E-state index contributed by atoms with van der Waals surface area (Å²) in [5.74, 6) is 1.29. The monoisotopic (exact) mass is 230 g/mol. The lowest BCUT2D eigenvalue weighted by Crippen LogP contribution is -2.43. The number of hydrogen-bond donors (Lipinski definition) is 1. The Morgan fingerprint density at radius 2 is 1.75 bits per heavy atom. The molecule has 0 spiro atoms. The van der Waals surface area contributed by atoms with Gasteiger partial charge >= 0.3 is 0 Å². The van der Waals surface area contributed by atoms with Crippen molar-refractivity contribution in [3.63, 3.8) is 0 Å². The standard InChI is InChI=1S/C13H30N2O/c1-11(2)10-16-8-7-14-13(12(3)4)9-15(5)6/h11-14H,7-10H2,1-6H3. The van der Waals surface area contributed by atoms with Crippen LogP contribution in [0.3, 0.4) is 0 Å². The van der Waals surface area contributed by atoms with Gasteiger partial charge in [-0.25, -0.2) is 0 Å². The fourth-order valence-electron chi connectivity index (χ4n) is 1.54. The Kier molecular flexibility index (Phi) is 8.90. The first-order valence-corrected chi connectivity index (χ1v) is 6.39. The van der Waals surface area contributed by atoms with Gasteiger partial charge < -0.3 is 15.0 Å². The Morgan fingerprint density at radius 1 is 1.12 bits per heavy atom. The molecule has 3 nitrogen and oxygen atoms in total. The predicted molar refractivity (Wildman–Crippen MR) is 70.8 cm³/mol. The van der Waals surface area contributed by atoms with Crippen molar-refractivity contribution in [2.75, 3.05) is 40.4 Å². The van der Waals surface area contributed by atoms with E-state index in [0.717, 1.165) is 26.3 Å². The van der Waals surface area contributed by atoms with Gasteiger partial charge in [-0.15, -0.1) is 0 Å². The van der Waals surface area contributed by atoms with Crippen LogP contribution in [0.5, 0.6) is 0 Å². The molecule has 0 amide bonds. The molecule has 0 aromatic rings. The van der Waals surface area contributed by atoms with Crippen molar-refractivity contribution in [3.8, 4) is 0 Å². The Balaban J connectivity index is 3.60. The Bertz CT molecular complexity index is 158. The van der Waals surface area contributed by atoms with Crippen LogP contribution >= 0.6 is 0 Å². The number of nitrogens with zero attached hydrogens (tertiary/aromatic N) is 1. The van der Waals surface area contributed by atoms with Crippen molar-refractivity contribution >= 4 is 0 Å². The van der Waals surface area contributed by atoms with E-state index in [2.05, 4.69) is 52.0 Å². The van der Waals surface area contributed by atoms with Gasteiger partial charge in [-0.1, -0.05) is 27.7 Å². The first-order chi connectivity index (χ1) is 7.43. The summed E-state index contributed by atoms with van der Waals surface area (Å²) in [6.45, 7) is 12.6. The van der Waals surface area contributed by atoms with E-state index in [1.807, 2.05) is 0 Å². The highest BCUT2D eigenvalue weighted by atomic mass is 16.5. The normalized spacial score (nSPS) is 14.1. The zero-order chi connectivity index (χ0) is 12.6. The molecule has 1 atom stereocenters. The zero-order valence-electron chi connectivity index (χ0n) is 11.9. The maximum Gasteiger partial charge on any atom is 0.0591 e. The zero-order valence-corrected chi connectivity index (χ0v) is 11.9. The Hall–Kier alpha value is -0.120. The molecule has 0 saturated carbocycles. The van der Waals surface area contributed by atoms with Gasteiger partial charge in [0, 0.05) is 25.7 Å². The van der Waals surface area contributed by atoms with E-state index < -0.39 is 0 Å². The lowest BCUT2D eigenvalue weighted by Gasteiger charge is -2.25.